The molecule has 0 spiro atoms. The van der Waals surface area contributed by atoms with Gasteiger partial charge in [0.25, 0.3) is 0 Å². The minimum Gasteiger partial charge on any atom is -0.381 e. The third-order valence-corrected chi connectivity index (χ3v) is 3.59. The Kier molecular flexibility index (Phi) is 5.07. The summed E-state index contributed by atoms with van der Waals surface area (Å²) in [5, 5.41) is 3.65. The molecule has 1 aliphatic carbocycles. The zero-order chi connectivity index (χ0) is 11.2. The Bertz CT molecular complexity index is 194. The third kappa shape index (κ3) is 4.04. The fourth-order valence-electron chi connectivity index (χ4n) is 2.50. The molecular formula is C13H26N2O. The smallest absolute Gasteiger partial charge is 0.0478 e. The molecule has 16 heavy (non-hydrogen) atoms. The van der Waals surface area contributed by atoms with Crippen LogP contribution in [0.1, 0.15) is 32.6 Å². The van der Waals surface area contributed by atoms with Crippen molar-refractivity contribution in [2.75, 3.05) is 39.4 Å². The number of hydrogen-bond donors (Lipinski definition) is 1. The summed E-state index contributed by atoms with van der Waals surface area (Å²) >= 11 is 0. The number of nitrogens with zero attached hydrogens (tertiary/aromatic N) is 1. The normalized spacial score (nSPS) is 27.2. The van der Waals surface area contributed by atoms with Crippen LogP contribution in [0.4, 0.5) is 0 Å². The lowest BCUT2D eigenvalue weighted by Crippen LogP contribution is -2.51. The van der Waals surface area contributed by atoms with E-state index in [1.807, 2.05) is 0 Å². The van der Waals surface area contributed by atoms with Crippen LogP contribution in [-0.2, 0) is 4.74 Å². The Balaban J connectivity index is 1.54. The van der Waals surface area contributed by atoms with E-state index in [0.29, 0.717) is 0 Å². The van der Waals surface area contributed by atoms with Crippen LogP contribution in [0.5, 0.6) is 0 Å². The molecule has 1 heterocycles. The molecule has 1 atom stereocenters. The van der Waals surface area contributed by atoms with Crippen molar-refractivity contribution in [3.8, 4) is 0 Å². The van der Waals surface area contributed by atoms with Crippen molar-refractivity contribution < 1.29 is 4.74 Å². The van der Waals surface area contributed by atoms with Gasteiger partial charge in [0.05, 0.1) is 0 Å². The fourth-order valence-corrected chi connectivity index (χ4v) is 2.50. The highest BCUT2D eigenvalue weighted by Gasteiger charge is 2.33. The average Bonchev–Trinajstić information content (AvgIpc) is 3.13. The van der Waals surface area contributed by atoms with Crippen molar-refractivity contribution in [3.05, 3.63) is 0 Å². The first-order valence-electron chi connectivity index (χ1n) is 6.93. The quantitative estimate of drug-likeness (QED) is 0.666. The van der Waals surface area contributed by atoms with Crippen molar-refractivity contribution in [2.45, 2.75) is 38.6 Å². The van der Waals surface area contributed by atoms with Crippen LogP contribution in [0.15, 0.2) is 0 Å². The highest BCUT2D eigenvalue weighted by atomic mass is 16.5. The molecule has 0 amide bonds. The van der Waals surface area contributed by atoms with Gasteiger partial charge >= 0.3 is 0 Å². The van der Waals surface area contributed by atoms with E-state index >= 15 is 0 Å². The van der Waals surface area contributed by atoms with Gasteiger partial charge in [-0.1, -0.05) is 6.92 Å². The number of ether oxygens (including phenoxy) is 1. The summed E-state index contributed by atoms with van der Waals surface area (Å²) in [4.78, 5) is 2.61. The molecule has 0 radical (unpaired) electrons. The van der Waals surface area contributed by atoms with E-state index in [0.717, 1.165) is 31.6 Å². The number of hydrogen-bond acceptors (Lipinski definition) is 3. The van der Waals surface area contributed by atoms with Gasteiger partial charge in [0, 0.05) is 45.4 Å². The summed E-state index contributed by atoms with van der Waals surface area (Å²) < 4.78 is 5.52. The zero-order valence-electron chi connectivity index (χ0n) is 10.6. The predicted octanol–water partition coefficient (Wildman–Crippen LogP) is 1.49. The van der Waals surface area contributed by atoms with E-state index in [1.165, 1.54) is 45.4 Å². The fraction of sp³-hybridized carbons (Fsp3) is 1.00. The molecular weight excluding hydrogens is 200 g/mol. The Labute approximate surface area is 99.5 Å². The van der Waals surface area contributed by atoms with E-state index in [-0.39, 0.29) is 0 Å². The van der Waals surface area contributed by atoms with Gasteiger partial charge in [0.1, 0.15) is 0 Å². The molecule has 0 bridgehead atoms. The molecule has 1 saturated carbocycles. The van der Waals surface area contributed by atoms with Crippen molar-refractivity contribution in [3.63, 3.8) is 0 Å². The SMILES string of the molecule is CCCOCCCN1CCNC(C2CC2)C1. The monoisotopic (exact) mass is 226 g/mol. The van der Waals surface area contributed by atoms with E-state index in [1.54, 1.807) is 0 Å². The lowest BCUT2D eigenvalue weighted by molar-refractivity contribution is 0.113. The van der Waals surface area contributed by atoms with Gasteiger partial charge in [-0.3, -0.25) is 0 Å². The first-order chi connectivity index (χ1) is 7.90. The maximum Gasteiger partial charge on any atom is 0.0478 e. The van der Waals surface area contributed by atoms with Crippen LogP contribution < -0.4 is 5.32 Å². The van der Waals surface area contributed by atoms with Gasteiger partial charge in [-0.15, -0.1) is 0 Å². The summed E-state index contributed by atoms with van der Waals surface area (Å²) in [6.07, 6.45) is 5.23. The molecule has 2 aliphatic rings. The predicted molar refractivity (Wildman–Crippen MR) is 66.7 cm³/mol. The first-order valence-corrected chi connectivity index (χ1v) is 6.93. The summed E-state index contributed by atoms with van der Waals surface area (Å²) in [7, 11) is 0. The minimum atomic E-state index is 0.783. The van der Waals surface area contributed by atoms with E-state index in [2.05, 4.69) is 17.1 Å². The topological polar surface area (TPSA) is 24.5 Å². The van der Waals surface area contributed by atoms with Gasteiger partial charge in [-0.25, -0.2) is 0 Å². The highest BCUT2D eigenvalue weighted by molar-refractivity contribution is 4.91. The Hall–Kier alpha value is -0.120. The van der Waals surface area contributed by atoms with Crippen molar-refractivity contribution in [1.29, 1.82) is 0 Å². The summed E-state index contributed by atoms with van der Waals surface area (Å²) in [5.41, 5.74) is 0. The molecule has 2 rings (SSSR count). The molecule has 94 valence electrons. The average molecular weight is 226 g/mol. The Morgan fingerprint density at radius 2 is 2.19 bits per heavy atom. The van der Waals surface area contributed by atoms with Gasteiger partial charge in [0.15, 0.2) is 0 Å². The molecule has 3 heteroatoms. The first kappa shape index (κ1) is 12.3. The second-order valence-electron chi connectivity index (χ2n) is 5.16. The summed E-state index contributed by atoms with van der Waals surface area (Å²) in [5.74, 6) is 0.985. The van der Waals surface area contributed by atoms with Gasteiger partial charge in [0.2, 0.25) is 0 Å². The standard InChI is InChI=1S/C13H26N2O/c1-2-9-16-10-3-7-15-8-6-14-13(11-15)12-4-5-12/h12-14H,2-11H2,1H3. The minimum absolute atomic E-state index is 0.783. The molecule has 3 nitrogen and oxygen atoms in total. The Morgan fingerprint density at radius 1 is 1.31 bits per heavy atom. The van der Waals surface area contributed by atoms with Crippen molar-refractivity contribution in [1.82, 2.24) is 10.2 Å². The molecule has 1 N–H and O–H groups in total. The molecule has 2 fully saturated rings. The van der Waals surface area contributed by atoms with Crippen molar-refractivity contribution in [2.24, 2.45) is 5.92 Å². The van der Waals surface area contributed by atoms with Crippen LogP contribution in [0, 0.1) is 5.92 Å². The zero-order valence-corrected chi connectivity index (χ0v) is 10.6. The maximum absolute atomic E-state index is 5.52. The Morgan fingerprint density at radius 3 is 2.94 bits per heavy atom. The second kappa shape index (κ2) is 6.58. The number of piperazine rings is 1. The van der Waals surface area contributed by atoms with Gasteiger partial charge in [-0.05, 0) is 31.6 Å². The highest BCUT2D eigenvalue weighted by Crippen LogP contribution is 2.33. The third-order valence-electron chi connectivity index (χ3n) is 3.59. The van der Waals surface area contributed by atoms with Crippen LogP contribution in [0.3, 0.4) is 0 Å². The maximum atomic E-state index is 5.52. The lowest BCUT2D eigenvalue weighted by atomic mass is 10.1. The lowest BCUT2D eigenvalue weighted by Gasteiger charge is -2.33. The van der Waals surface area contributed by atoms with Crippen molar-refractivity contribution >= 4 is 0 Å². The number of nitrogens with one attached hydrogen (secondary N) is 1. The second-order valence-corrected chi connectivity index (χ2v) is 5.16. The molecule has 1 aliphatic heterocycles. The summed E-state index contributed by atoms with van der Waals surface area (Å²) in [6.45, 7) is 8.90. The van der Waals surface area contributed by atoms with Crippen LogP contribution >= 0.6 is 0 Å². The molecule has 0 aromatic carbocycles. The van der Waals surface area contributed by atoms with Crippen LogP contribution in [0.2, 0.25) is 0 Å². The van der Waals surface area contributed by atoms with Crippen LogP contribution in [0.25, 0.3) is 0 Å². The van der Waals surface area contributed by atoms with Gasteiger partial charge in [-0.2, -0.15) is 0 Å². The molecule has 1 unspecified atom stereocenters. The molecule has 0 aromatic rings. The summed E-state index contributed by atoms with van der Waals surface area (Å²) in [6, 6.07) is 0.783. The van der Waals surface area contributed by atoms with E-state index in [4.69, 9.17) is 4.74 Å². The van der Waals surface area contributed by atoms with Gasteiger partial charge < -0.3 is 15.0 Å². The number of rotatable bonds is 7. The molecule has 0 aromatic heterocycles. The van der Waals surface area contributed by atoms with E-state index < -0.39 is 0 Å². The molecule has 1 saturated heterocycles. The van der Waals surface area contributed by atoms with Crippen LogP contribution in [-0.4, -0.2) is 50.3 Å². The van der Waals surface area contributed by atoms with E-state index in [9.17, 15) is 0 Å². The largest absolute Gasteiger partial charge is 0.381 e.